The summed E-state index contributed by atoms with van der Waals surface area (Å²) >= 11 is 0. The maximum atomic E-state index is 13.0. The van der Waals surface area contributed by atoms with E-state index in [1.807, 2.05) is 0 Å². The van der Waals surface area contributed by atoms with Crippen LogP contribution in [-0.4, -0.2) is 92.8 Å². The van der Waals surface area contributed by atoms with E-state index in [1.165, 1.54) is 32.9 Å². The van der Waals surface area contributed by atoms with Crippen molar-refractivity contribution in [2.24, 2.45) is 0 Å². The zero-order valence-corrected chi connectivity index (χ0v) is 20.8. The number of hydrogen-bond acceptors (Lipinski definition) is 8. The molecule has 3 fully saturated rings. The summed E-state index contributed by atoms with van der Waals surface area (Å²) in [6.45, 7) is 2.75. The molecule has 0 amide bonds. The molecule has 0 aliphatic carbocycles. The summed E-state index contributed by atoms with van der Waals surface area (Å²) in [6.07, 6.45) is 4.78. The van der Waals surface area contributed by atoms with Crippen molar-refractivity contribution in [1.82, 2.24) is 8.61 Å². The van der Waals surface area contributed by atoms with Crippen molar-refractivity contribution in [2.45, 2.75) is 54.1 Å². The number of piperidine rings is 1. The van der Waals surface area contributed by atoms with Crippen LogP contribution in [0.3, 0.4) is 0 Å². The number of carboxylic acid groups (broad SMARTS) is 2. The Bertz CT molecular complexity index is 1080. The number of sulfonamides is 2. The quantitative estimate of drug-likeness (QED) is 0.530. The van der Waals surface area contributed by atoms with E-state index in [-0.39, 0.29) is 9.79 Å². The summed E-state index contributed by atoms with van der Waals surface area (Å²) in [7, 11) is -7.28. The van der Waals surface area contributed by atoms with Gasteiger partial charge in [-0.1, -0.05) is 12.8 Å². The number of hydrogen-bond donors (Lipinski definition) is 2. The van der Waals surface area contributed by atoms with E-state index in [4.69, 9.17) is 29.3 Å². The minimum absolute atomic E-state index is 0.108. The van der Waals surface area contributed by atoms with Crippen LogP contribution in [0.2, 0.25) is 0 Å². The van der Waals surface area contributed by atoms with Crippen molar-refractivity contribution in [1.29, 1.82) is 0 Å². The van der Waals surface area contributed by atoms with Gasteiger partial charge in [-0.3, -0.25) is 0 Å². The number of aliphatic carboxylic acids is 2. The average Bonchev–Trinajstić information content (AvgIpc) is 3.09. The molecule has 2 N–H and O–H groups in total. The van der Waals surface area contributed by atoms with E-state index < -0.39 is 37.8 Å². The van der Waals surface area contributed by atoms with E-state index in [2.05, 4.69) is 0 Å². The highest BCUT2D eigenvalue weighted by Gasteiger charge is 2.42. The fourth-order valence-electron chi connectivity index (χ4n) is 4.22. The maximum Gasteiger partial charge on any atom is 0.414 e. The monoisotopic (exact) mass is 534 g/mol. The lowest BCUT2D eigenvalue weighted by molar-refractivity contribution is -0.179. The van der Waals surface area contributed by atoms with Gasteiger partial charge >= 0.3 is 11.9 Å². The summed E-state index contributed by atoms with van der Waals surface area (Å²) in [5.41, 5.74) is 0. The Balaban J connectivity index is 0.000000509. The van der Waals surface area contributed by atoms with Gasteiger partial charge in [0.05, 0.1) is 23.0 Å². The van der Waals surface area contributed by atoms with Crippen LogP contribution in [0, 0.1) is 0 Å². The molecule has 4 rings (SSSR count). The Morgan fingerprint density at radius 2 is 1.06 bits per heavy atom. The minimum Gasteiger partial charge on any atom is -0.473 e. The minimum atomic E-state index is -3.69. The van der Waals surface area contributed by atoms with Crippen LogP contribution in [-0.2, 0) is 39.1 Å². The lowest BCUT2D eigenvalue weighted by Crippen LogP contribution is -2.47. The number of nitrogens with zero attached hydrogens (tertiary/aromatic N) is 2. The van der Waals surface area contributed by atoms with Crippen LogP contribution in [0.25, 0.3) is 0 Å². The van der Waals surface area contributed by atoms with E-state index >= 15 is 0 Å². The first-order valence-corrected chi connectivity index (χ1v) is 14.2. The van der Waals surface area contributed by atoms with Gasteiger partial charge < -0.3 is 19.7 Å². The molecule has 0 radical (unpaired) electrons. The normalized spacial score (nSPS) is 21.6. The summed E-state index contributed by atoms with van der Waals surface area (Å²) in [5, 5.41) is 14.8. The molecule has 12 nitrogen and oxygen atoms in total. The van der Waals surface area contributed by atoms with Gasteiger partial charge in [-0.25, -0.2) is 26.4 Å². The summed E-state index contributed by atoms with van der Waals surface area (Å²) in [6, 6.07) is 5.60. The molecule has 14 heteroatoms. The number of carboxylic acids is 2. The van der Waals surface area contributed by atoms with Crippen LogP contribution >= 0.6 is 0 Å². The molecule has 1 spiro atoms. The highest BCUT2D eigenvalue weighted by atomic mass is 32.2. The summed E-state index contributed by atoms with van der Waals surface area (Å²) < 4.78 is 66.0. The second kappa shape index (κ2) is 11.3. The first kappa shape index (κ1) is 27.5. The third-order valence-electron chi connectivity index (χ3n) is 6.15. The largest absolute Gasteiger partial charge is 0.473 e. The fourth-order valence-corrected chi connectivity index (χ4v) is 7.18. The van der Waals surface area contributed by atoms with Gasteiger partial charge in [0.2, 0.25) is 20.0 Å². The van der Waals surface area contributed by atoms with Crippen molar-refractivity contribution < 1.29 is 46.1 Å². The lowest BCUT2D eigenvalue weighted by Gasteiger charge is -2.36. The smallest absolute Gasteiger partial charge is 0.414 e. The molecule has 3 heterocycles. The zero-order valence-electron chi connectivity index (χ0n) is 19.2. The molecular formula is C21H30N2O10S2. The first-order valence-electron chi connectivity index (χ1n) is 11.3. The van der Waals surface area contributed by atoms with E-state index in [0.717, 1.165) is 25.7 Å². The average molecular weight is 535 g/mol. The SMILES string of the molecule is O=C(O)C(=O)O.O=S(=O)(c1ccc(S(=O)(=O)N2CCC3(CC2)OCCO3)cc1)N1CCCCCC1. The Morgan fingerprint density at radius 1 is 0.686 bits per heavy atom. The van der Waals surface area contributed by atoms with Gasteiger partial charge in [-0.05, 0) is 37.1 Å². The van der Waals surface area contributed by atoms with Crippen molar-refractivity contribution in [2.75, 3.05) is 39.4 Å². The molecule has 0 bridgehead atoms. The predicted molar refractivity (Wildman–Crippen MR) is 122 cm³/mol. The molecule has 3 aliphatic heterocycles. The van der Waals surface area contributed by atoms with E-state index in [9.17, 15) is 16.8 Å². The third kappa shape index (κ3) is 6.57. The molecule has 3 saturated heterocycles. The molecule has 0 aromatic heterocycles. The summed E-state index contributed by atoms with van der Waals surface area (Å²) in [5.74, 6) is -4.29. The molecule has 3 aliphatic rings. The van der Waals surface area contributed by atoms with Gasteiger partial charge in [0.1, 0.15) is 0 Å². The van der Waals surface area contributed by atoms with Gasteiger partial charge in [0, 0.05) is 39.0 Å². The Morgan fingerprint density at radius 3 is 1.43 bits per heavy atom. The standard InChI is InChI=1S/C19H28N2O6S2.C2H2O4/c22-28(23,20-11-3-1-2-4-12-20)17-5-7-18(8-6-17)29(24,25)21-13-9-19(10-14-21)26-15-16-27-19;3-1(4)2(5)6/h5-8H,1-4,9-16H2;(H,3,4)(H,5,6). The molecule has 0 unspecified atom stereocenters. The fraction of sp³-hybridized carbons (Fsp3) is 0.619. The number of ether oxygens (including phenoxy) is 2. The van der Waals surface area contributed by atoms with Crippen LogP contribution in [0.4, 0.5) is 0 Å². The number of carbonyl (C=O) groups is 2. The second-order valence-electron chi connectivity index (χ2n) is 8.41. The van der Waals surface area contributed by atoms with E-state index in [0.29, 0.717) is 52.2 Å². The topological polar surface area (TPSA) is 168 Å². The van der Waals surface area contributed by atoms with Gasteiger partial charge in [0.25, 0.3) is 0 Å². The molecule has 1 aromatic rings. The summed E-state index contributed by atoms with van der Waals surface area (Å²) in [4.78, 5) is 18.4. The van der Waals surface area contributed by atoms with Crippen molar-refractivity contribution in [3.05, 3.63) is 24.3 Å². The zero-order chi connectivity index (χ0) is 25.7. The van der Waals surface area contributed by atoms with Gasteiger partial charge in [-0.2, -0.15) is 8.61 Å². The molecule has 1 aromatic carbocycles. The van der Waals surface area contributed by atoms with Crippen LogP contribution in [0.5, 0.6) is 0 Å². The second-order valence-corrected chi connectivity index (χ2v) is 12.3. The Hall–Kier alpha value is -2.10. The van der Waals surface area contributed by atoms with Crippen LogP contribution in [0.1, 0.15) is 38.5 Å². The Labute approximate surface area is 204 Å². The highest BCUT2D eigenvalue weighted by molar-refractivity contribution is 7.89. The van der Waals surface area contributed by atoms with Crippen molar-refractivity contribution in [3.63, 3.8) is 0 Å². The van der Waals surface area contributed by atoms with Crippen LogP contribution in [0.15, 0.2) is 34.1 Å². The third-order valence-corrected chi connectivity index (χ3v) is 9.97. The molecular weight excluding hydrogens is 504 g/mol. The number of benzene rings is 1. The number of rotatable bonds is 4. The van der Waals surface area contributed by atoms with Crippen molar-refractivity contribution >= 4 is 32.0 Å². The Kier molecular flexibility index (Phi) is 8.88. The van der Waals surface area contributed by atoms with Gasteiger partial charge in [0.15, 0.2) is 5.79 Å². The molecule has 0 saturated carbocycles. The van der Waals surface area contributed by atoms with E-state index in [1.54, 1.807) is 0 Å². The highest BCUT2D eigenvalue weighted by Crippen LogP contribution is 2.33. The molecule has 0 atom stereocenters. The van der Waals surface area contributed by atoms with Crippen molar-refractivity contribution in [3.8, 4) is 0 Å². The predicted octanol–water partition coefficient (Wildman–Crippen LogP) is 0.935. The molecule has 196 valence electrons. The maximum absolute atomic E-state index is 13.0. The lowest BCUT2D eigenvalue weighted by atomic mass is 10.1. The van der Waals surface area contributed by atoms with Gasteiger partial charge in [-0.15, -0.1) is 0 Å². The first-order chi connectivity index (χ1) is 16.5. The molecule has 35 heavy (non-hydrogen) atoms. The van der Waals surface area contributed by atoms with Crippen LogP contribution < -0.4 is 0 Å².